The zero-order valence-corrected chi connectivity index (χ0v) is 15.4. The first kappa shape index (κ1) is 18.8. The van der Waals surface area contributed by atoms with Crippen molar-refractivity contribution in [3.8, 4) is 6.07 Å². The highest BCUT2D eigenvalue weighted by Gasteiger charge is 2.48. The quantitative estimate of drug-likeness (QED) is 0.758. The van der Waals surface area contributed by atoms with E-state index in [2.05, 4.69) is 0 Å². The minimum Gasteiger partial charge on any atom is -0.441 e. The summed E-state index contributed by atoms with van der Waals surface area (Å²) in [5.41, 5.74) is -0.894. The van der Waals surface area contributed by atoms with Crippen LogP contribution in [0.2, 0.25) is 0 Å². The molecule has 2 heterocycles. The number of carbonyl (C=O) groups is 1. The van der Waals surface area contributed by atoms with Gasteiger partial charge in [0.1, 0.15) is 17.7 Å². The van der Waals surface area contributed by atoms with E-state index in [1.807, 2.05) is 6.07 Å². The number of sulfone groups is 1. The van der Waals surface area contributed by atoms with Crippen molar-refractivity contribution in [2.45, 2.75) is 24.4 Å². The number of ether oxygens (including phenoxy) is 1. The van der Waals surface area contributed by atoms with Crippen LogP contribution in [0.1, 0.15) is 18.4 Å². The largest absolute Gasteiger partial charge is 0.441 e. The third-order valence-electron chi connectivity index (χ3n) is 5.43. The second kappa shape index (κ2) is 6.25. The molecule has 1 aliphatic carbocycles. The highest BCUT2D eigenvalue weighted by Crippen LogP contribution is 2.49. The lowest BCUT2D eigenvalue weighted by molar-refractivity contribution is 0.0963. The van der Waals surface area contributed by atoms with Crippen molar-refractivity contribution < 1.29 is 31.8 Å². The van der Waals surface area contributed by atoms with Crippen molar-refractivity contribution in [3.63, 3.8) is 0 Å². The first-order valence-corrected chi connectivity index (χ1v) is 10.4. The Labute approximate surface area is 159 Å². The predicted octanol–water partition coefficient (Wildman–Crippen LogP) is 1.56. The highest BCUT2D eigenvalue weighted by molar-refractivity contribution is 7.92. The number of nitriles is 1. The number of hydrogen-bond donors (Lipinski definition) is 1. The summed E-state index contributed by atoms with van der Waals surface area (Å²) in [6, 6.07) is 3.90. The van der Waals surface area contributed by atoms with E-state index in [9.17, 15) is 27.3 Å². The molecule has 1 atom stereocenters. The fourth-order valence-corrected chi connectivity index (χ4v) is 6.02. The molecular weight excluding hydrogens is 394 g/mol. The molecule has 1 amide bonds. The Bertz CT molecular complexity index is 1010. The van der Waals surface area contributed by atoms with Crippen molar-refractivity contribution in [2.24, 2.45) is 0 Å². The molecule has 2 aliphatic heterocycles. The fraction of sp³-hybridized carbons (Fsp3) is 0.444. The van der Waals surface area contributed by atoms with E-state index in [0.717, 1.165) is 17.0 Å². The van der Waals surface area contributed by atoms with Gasteiger partial charge < -0.3 is 9.84 Å². The van der Waals surface area contributed by atoms with Crippen LogP contribution in [-0.4, -0.2) is 50.4 Å². The first-order valence-electron chi connectivity index (χ1n) is 8.58. The standard InChI is InChI=1S/C18H16F2N2O5S/c19-14-1-12(22-5-13(6-23)27-17(22)24)2-15(20)16(14)18(9-21)3-10-7-28(25,26)8-11(10)4-18/h1-2,13,23H,3-8H2/t13-/m1/s1. The molecule has 1 aromatic rings. The Hall–Kier alpha value is -2.51. The maximum absolute atomic E-state index is 14.9. The van der Waals surface area contributed by atoms with Crippen LogP contribution in [0.4, 0.5) is 19.3 Å². The van der Waals surface area contributed by atoms with Crippen LogP contribution in [-0.2, 0) is 20.0 Å². The summed E-state index contributed by atoms with van der Waals surface area (Å²) in [4.78, 5) is 12.9. The molecule has 28 heavy (non-hydrogen) atoms. The number of halogens is 2. The molecule has 1 saturated heterocycles. The van der Waals surface area contributed by atoms with Crippen LogP contribution >= 0.6 is 0 Å². The lowest BCUT2D eigenvalue weighted by Gasteiger charge is -2.25. The van der Waals surface area contributed by atoms with E-state index < -0.39 is 51.3 Å². The second-order valence-electron chi connectivity index (χ2n) is 7.37. The van der Waals surface area contributed by atoms with E-state index in [1.54, 1.807) is 0 Å². The van der Waals surface area contributed by atoms with Gasteiger partial charge in [-0.3, -0.25) is 4.90 Å². The Morgan fingerprint density at radius 1 is 1.25 bits per heavy atom. The molecule has 0 spiro atoms. The molecule has 0 saturated carbocycles. The Balaban J connectivity index is 1.68. The zero-order valence-electron chi connectivity index (χ0n) is 14.6. The Kier molecular flexibility index (Phi) is 4.21. The van der Waals surface area contributed by atoms with Gasteiger partial charge in [-0.25, -0.2) is 22.0 Å². The second-order valence-corrected chi connectivity index (χ2v) is 9.43. The minimum absolute atomic E-state index is 0.0381. The molecule has 3 aliphatic rings. The molecule has 0 aromatic heterocycles. The molecule has 1 fully saturated rings. The number of cyclic esters (lactones) is 1. The maximum atomic E-state index is 14.9. The van der Waals surface area contributed by atoms with Gasteiger partial charge in [-0.1, -0.05) is 11.1 Å². The van der Waals surface area contributed by atoms with Crippen LogP contribution in [0.15, 0.2) is 23.3 Å². The maximum Gasteiger partial charge on any atom is 0.414 e. The Morgan fingerprint density at radius 3 is 2.29 bits per heavy atom. The molecule has 7 nitrogen and oxygen atoms in total. The van der Waals surface area contributed by atoms with E-state index in [0.29, 0.717) is 11.1 Å². The lowest BCUT2D eigenvalue weighted by Crippen LogP contribution is -2.29. The van der Waals surface area contributed by atoms with Gasteiger partial charge in [0.05, 0.1) is 41.8 Å². The van der Waals surface area contributed by atoms with Gasteiger partial charge >= 0.3 is 6.09 Å². The molecule has 1 N–H and O–H groups in total. The van der Waals surface area contributed by atoms with Gasteiger partial charge in [0.2, 0.25) is 0 Å². The third kappa shape index (κ3) is 2.86. The molecule has 0 radical (unpaired) electrons. The first-order chi connectivity index (χ1) is 13.2. The predicted molar refractivity (Wildman–Crippen MR) is 93.3 cm³/mol. The number of benzene rings is 1. The summed E-state index contributed by atoms with van der Waals surface area (Å²) < 4.78 is 58.2. The van der Waals surface area contributed by atoms with Gasteiger partial charge in [0, 0.05) is 5.56 Å². The number of carbonyl (C=O) groups excluding carboxylic acids is 1. The number of rotatable bonds is 3. The number of aliphatic hydroxyl groups is 1. The van der Waals surface area contributed by atoms with Crippen LogP contribution in [0.25, 0.3) is 0 Å². The van der Waals surface area contributed by atoms with Crippen molar-refractivity contribution >= 4 is 21.6 Å². The van der Waals surface area contributed by atoms with E-state index in [-0.39, 0.29) is 36.6 Å². The number of amides is 1. The van der Waals surface area contributed by atoms with Gasteiger partial charge in [-0.15, -0.1) is 0 Å². The summed E-state index contributed by atoms with van der Waals surface area (Å²) in [5.74, 6) is -2.34. The minimum atomic E-state index is -3.25. The van der Waals surface area contributed by atoms with Crippen LogP contribution in [0.3, 0.4) is 0 Å². The van der Waals surface area contributed by atoms with E-state index in [1.165, 1.54) is 0 Å². The summed E-state index contributed by atoms with van der Waals surface area (Å²) in [7, 11) is -3.25. The summed E-state index contributed by atoms with van der Waals surface area (Å²) in [5, 5.41) is 18.8. The molecular formula is C18H16F2N2O5S. The van der Waals surface area contributed by atoms with Gasteiger partial charge in [0.15, 0.2) is 9.84 Å². The van der Waals surface area contributed by atoms with Gasteiger partial charge in [-0.2, -0.15) is 5.26 Å². The summed E-state index contributed by atoms with van der Waals surface area (Å²) >= 11 is 0. The average molecular weight is 410 g/mol. The fourth-order valence-electron chi connectivity index (χ4n) is 4.24. The summed E-state index contributed by atoms with van der Waals surface area (Å²) in [6.45, 7) is -0.465. The molecule has 4 rings (SSSR count). The lowest BCUT2D eigenvalue weighted by atomic mass is 9.77. The van der Waals surface area contributed by atoms with Gasteiger partial charge in [-0.05, 0) is 25.0 Å². The normalized spacial score (nSPS) is 25.0. The molecule has 1 aromatic carbocycles. The number of nitrogens with zero attached hydrogens (tertiary/aromatic N) is 2. The zero-order chi connectivity index (χ0) is 20.3. The highest BCUT2D eigenvalue weighted by atomic mass is 32.2. The SMILES string of the molecule is N#CC1(c2c(F)cc(N3C[C@H](CO)OC3=O)cc2F)CC2=C(C1)CS(=O)(=O)C2. The van der Waals surface area contributed by atoms with E-state index >= 15 is 0 Å². The monoisotopic (exact) mass is 410 g/mol. The molecule has 0 bridgehead atoms. The number of anilines is 1. The number of aliphatic hydroxyl groups excluding tert-OH is 1. The van der Waals surface area contributed by atoms with Crippen molar-refractivity contribution in [2.75, 3.05) is 29.6 Å². The molecule has 148 valence electrons. The van der Waals surface area contributed by atoms with Crippen LogP contribution in [0, 0.1) is 23.0 Å². The van der Waals surface area contributed by atoms with Crippen LogP contribution in [0.5, 0.6) is 0 Å². The number of hydrogen-bond acceptors (Lipinski definition) is 6. The topological polar surface area (TPSA) is 108 Å². The average Bonchev–Trinajstić information content (AvgIpc) is 3.22. The van der Waals surface area contributed by atoms with Gasteiger partial charge in [0.25, 0.3) is 0 Å². The van der Waals surface area contributed by atoms with Crippen LogP contribution < -0.4 is 4.90 Å². The van der Waals surface area contributed by atoms with Crippen molar-refractivity contribution in [1.29, 1.82) is 5.26 Å². The van der Waals surface area contributed by atoms with Crippen molar-refractivity contribution in [1.82, 2.24) is 0 Å². The smallest absolute Gasteiger partial charge is 0.414 e. The summed E-state index contributed by atoms with van der Waals surface area (Å²) in [6.07, 6.45) is -1.69. The third-order valence-corrected chi connectivity index (χ3v) is 7.00. The molecule has 10 heteroatoms. The Morgan fingerprint density at radius 2 is 1.82 bits per heavy atom. The molecule has 0 unspecified atom stereocenters. The van der Waals surface area contributed by atoms with E-state index in [4.69, 9.17) is 9.84 Å². The van der Waals surface area contributed by atoms with Crippen molar-refractivity contribution in [3.05, 3.63) is 40.5 Å².